The molecule has 0 aliphatic heterocycles. The fourth-order valence-corrected chi connectivity index (χ4v) is 0.821. The summed E-state index contributed by atoms with van der Waals surface area (Å²) in [6.07, 6.45) is -5.10. The van der Waals surface area contributed by atoms with Crippen LogP contribution in [-0.2, 0) is 9.59 Å². The van der Waals surface area contributed by atoms with Gasteiger partial charge in [-0.2, -0.15) is 13.2 Å². The van der Waals surface area contributed by atoms with Gasteiger partial charge >= 0.3 is 12.2 Å². The van der Waals surface area contributed by atoms with Crippen LogP contribution in [0.25, 0.3) is 0 Å². The topological polar surface area (TPSA) is 89.3 Å². The summed E-state index contributed by atoms with van der Waals surface area (Å²) in [5, 5.41) is 1.78. The molecular formula is C7H9F3N2O3. The summed E-state index contributed by atoms with van der Waals surface area (Å²) in [4.78, 5) is 31.6. The molecule has 1 atom stereocenters. The Kier molecular flexibility index (Phi) is 4.25. The van der Waals surface area contributed by atoms with Crippen LogP contribution in [-0.4, -0.2) is 30.3 Å². The maximum absolute atomic E-state index is 11.9. The molecule has 0 aliphatic carbocycles. The molecule has 0 aromatic carbocycles. The number of nitrogens with one attached hydrogen (secondary N) is 1. The van der Waals surface area contributed by atoms with Crippen LogP contribution in [0.5, 0.6) is 0 Å². The third-order valence-electron chi connectivity index (χ3n) is 1.57. The number of amides is 2. The fraction of sp³-hybridized carbons (Fsp3) is 0.571. The molecule has 5 nitrogen and oxygen atoms in total. The van der Waals surface area contributed by atoms with Crippen LogP contribution in [0.3, 0.4) is 0 Å². The molecular weight excluding hydrogens is 217 g/mol. The lowest BCUT2D eigenvalue weighted by atomic mass is 9.99. The van der Waals surface area contributed by atoms with Crippen molar-refractivity contribution in [2.75, 3.05) is 6.54 Å². The summed E-state index contributed by atoms with van der Waals surface area (Å²) >= 11 is 0. The van der Waals surface area contributed by atoms with E-state index in [1.165, 1.54) is 0 Å². The SMILES string of the molecule is CC(=O)C(CNC(N)=O)C(=O)C(F)(F)F. The molecule has 0 radical (unpaired) electrons. The minimum absolute atomic E-state index is 0.747. The Hall–Kier alpha value is -1.60. The molecule has 15 heavy (non-hydrogen) atoms. The van der Waals surface area contributed by atoms with Crippen LogP contribution < -0.4 is 11.1 Å². The maximum Gasteiger partial charge on any atom is 0.450 e. The van der Waals surface area contributed by atoms with Crippen molar-refractivity contribution in [2.45, 2.75) is 13.1 Å². The van der Waals surface area contributed by atoms with Gasteiger partial charge in [0.1, 0.15) is 11.7 Å². The summed E-state index contributed by atoms with van der Waals surface area (Å²) in [7, 11) is 0. The number of hydrogen-bond acceptors (Lipinski definition) is 3. The van der Waals surface area contributed by atoms with Crippen LogP contribution in [0.1, 0.15) is 6.92 Å². The number of nitrogens with two attached hydrogens (primary N) is 1. The molecule has 1 unspecified atom stereocenters. The van der Waals surface area contributed by atoms with Gasteiger partial charge in [-0.25, -0.2) is 4.79 Å². The van der Waals surface area contributed by atoms with E-state index < -0.39 is 36.2 Å². The Morgan fingerprint density at radius 2 is 1.80 bits per heavy atom. The molecule has 0 bridgehead atoms. The molecule has 0 fully saturated rings. The highest BCUT2D eigenvalue weighted by Gasteiger charge is 2.44. The van der Waals surface area contributed by atoms with Crippen LogP contribution in [0, 0.1) is 5.92 Å². The predicted octanol–water partition coefficient (Wildman–Crippen LogP) is -0.00870. The van der Waals surface area contributed by atoms with Gasteiger partial charge in [-0.15, -0.1) is 0 Å². The normalized spacial score (nSPS) is 13.1. The number of urea groups is 1. The van der Waals surface area contributed by atoms with Crippen molar-refractivity contribution in [3.8, 4) is 0 Å². The van der Waals surface area contributed by atoms with Crippen LogP contribution in [0.2, 0.25) is 0 Å². The highest BCUT2D eigenvalue weighted by molar-refractivity contribution is 6.04. The van der Waals surface area contributed by atoms with Crippen molar-refractivity contribution in [1.82, 2.24) is 5.32 Å². The highest BCUT2D eigenvalue weighted by Crippen LogP contribution is 2.21. The first-order valence-electron chi connectivity index (χ1n) is 3.81. The number of hydrogen-bond donors (Lipinski definition) is 2. The molecule has 0 aliphatic rings. The molecule has 0 rings (SSSR count). The number of primary amides is 1. The second kappa shape index (κ2) is 4.76. The lowest BCUT2D eigenvalue weighted by molar-refractivity contribution is -0.176. The summed E-state index contributed by atoms with van der Waals surface area (Å²) in [5.41, 5.74) is 4.60. The molecule has 0 saturated carbocycles. The second-order valence-electron chi connectivity index (χ2n) is 2.77. The number of halogens is 3. The minimum atomic E-state index is -5.10. The number of Topliss-reactive ketones (excluding diaryl/α,β-unsaturated/α-hetero) is 2. The Labute approximate surface area is 82.8 Å². The maximum atomic E-state index is 11.9. The Morgan fingerprint density at radius 1 is 1.33 bits per heavy atom. The van der Waals surface area contributed by atoms with Crippen LogP contribution in [0.4, 0.5) is 18.0 Å². The van der Waals surface area contributed by atoms with E-state index in [0.717, 1.165) is 6.92 Å². The van der Waals surface area contributed by atoms with Crippen molar-refractivity contribution in [3.63, 3.8) is 0 Å². The first-order chi connectivity index (χ1) is 6.66. The van der Waals surface area contributed by atoms with Crippen LogP contribution in [0.15, 0.2) is 0 Å². The van der Waals surface area contributed by atoms with E-state index in [0.29, 0.717) is 0 Å². The van der Waals surface area contributed by atoms with Crippen molar-refractivity contribution >= 4 is 17.6 Å². The first-order valence-corrected chi connectivity index (χ1v) is 3.81. The minimum Gasteiger partial charge on any atom is -0.352 e. The van der Waals surface area contributed by atoms with E-state index in [9.17, 15) is 27.6 Å². The zero-order chi connectivity index (χ0) is 12.2. The summed E-state index contributed by atoms with van der Waals surface area (Å²) in [5.74, 6) is -5.10. The van der Waals surface area contributed by atoms with E-state index in [1.54, 1.807) is 5.32 Å². The molecule has 0 spiro atoms. The van der Waals surface area contributed by atoms with Gasteiger partial charge in [-0.05, 0) is 6.92 Å². The second-order valence-corrected chi connectivity index (χ2v) is 2.77. The van der Waals surface area contributed by atoms with Crippen molar-refractivity contribution in [2.24, 2.45) is 11.7 Å². The van der Waals surface area contributed by atoms with E-state index in [-0.39, 0.29) is 0 Å². The first kappa shape index (κ1) is 13.4. The van der Waals surface area contributed by atoms with Gasteiger partial charge in [0.25, 0.3) is 0 Å². The van der Waals surface area contributed by atoms with Gasteiger partial charge in [0.05, 0.1) is 0 Å². The number of alkyl halides is 3. The quantitative estimate of drug-likeness (QED) is 0.660. The fourth-order valence-electron chi connectivity index (χ4n) is 0.821. The molecule has 0 aromatic heterocycles. The van der Waals surface area contributed by atoms with Crippen molar-refractivity contribution < 1.29 is 27.6 Å². The molecule has 2 amide bonds. The molecule has 0 aromatic rings. The van der Waals surface area contributed by atoms with Crippen LogP contribution >= 0.6 is 0 Å². The zero-order valence-corrected chi connectivity index (χ0v) is 7.72. The Balaban J connectivity index is 4.61. The average molecular weight is 226 g/mol. The number of ketones is 2. The lowest BCUT2D eigenvalue weighted by Gasteiger charge is -2.14. The van der Waals surface area contributed by atoms with Crippen molar-refractivity contribution in [1.29, 1.82) is 0 Å². The lowest BCUT2D eigenvalue weighted by Crippen LogP contribution is -2.43. The Morgan fingerprint density at radius 3 is 2.07 bits per heavy atom. The average Bonchev–Trinajstić information content (AvgIpc) is 2.01. The number of carbonyl (C=O) groups is 3. The molecule has 0 heterocycles. The third kappa shape index (κ3) is 4.43. The van der Waals surface area contributed by atoms with E-state index in [2.05, 4.69) is 5.73 Å². The summed E-state index contributed by atoms with van der Waals surface area (Å²) in [6, 6.07) is -1.10. The Bertz CT molecular complexity index is 288. The van der Waals surface area contributed by atoms with E-state index in [4.69, 9.17) is 0 Å². The largest absolute Gasteiger partial charge is 0.450 e. The molecule has 0 saturated heterocycles. The number of rotatable bonds is 4. The molecule has 86 valence electrons. The van der Waals surface area contributed by atoms with Gasteiger partial charge in [0.15, 0.2) is 0 Å². The third-order valence-corrected chi connectivity index (χ3v) is 1.57. The van der Waals surface area contributed by atoms with Gasteiger partial charge < -0.3 is 11.1 Å². The van der Waals surface area contributed by atoms with Gasteiger partial charge in [0.2, 0.25) is 5.78 Å². The predicted molar refractivity (Wildman–Crippen MR) is 42.8 cm³/mol. The zero-order valence-electron chi connectivity index (χ0n) is 7.72. The highest BCUT2D eigenvalue weighted by atomic mass is 19.4. The smallest absolute Gasteiger partial charge is 0.352 e. The van der Waals surface area contributed by atoms with Crippen molar-refractivity contribution in [3.05, 3.63) is 0 Å². The molecule has 8 heteroatoms. The van der Waals surface area contributed by atoms with E-state index in [1.807, 2.05) is 0 Å². The van der Waals surface area contributed by atoms with Gasteiger partial charge in [-0.1, -0.05) is 0 Å². The number of carbonyl (C=O) groups excluding carboxylic acids is 3. The molecule has 3 N–H and O–H groups in total. The van der Waals surface area contributed by atoms with E-state index >= 15 is 0 Å². The monoisotopic (exact) mass is 226 g/mol. The van der Waals surface area contributed by atoms with Gasteiger partial charge in [-0.3, -0.25) is 9.59 Å². The standard InChI is InChI=1S/C7H9F3N2O3/c1-3(13)4(2-12-6(11)15)5(14)7(8,9)10/h4H,2H2,1H3,(H3,11,12,15). The van der Waals surface area contributed by atoms with Gasteiger partial charge in [0, 0.05) is 6.54 Å². The summed E-state index contributed by atoms with van der Waals surface area (Å²) in [6.45, 7) is 0.0833. The summed E-state index contributed by atoms with van der Waals surface area (Å²) < 4.78 is 35.8.